The van der Waals surface area contributed by atoms with E-state index in [4.69, 9.17) is 22.1 Å². The number of esters is 1. The lowest BCUT2D eigenvalue weighted by Gasteiger charge is -2.06. The Hall–Kier alpha value is -2.14. The van der Waals surface area contributed by atoms with Crippen molar-refractivity contribution in [3.8, 4) is 11.3 Å². The van der Waals surface area contributed by atoms with Crippen molar-refractivity contribution >= 4 is 23.4 Å². The van der Waals surface area contributed by atoms with Crippen molar-refractivity contribution in [3.05, 3.63) is 40.9 Å². The van der Waals surface area contributed by atoms with E-state index in [1.165, 1.54) is 0 Å². The van der Waals surface area contributed by atoms with Crippen LogP contribution in [-0.4, -0.2) is 22.8 Å². The van der Waals surface area contributed by atoms with Crippen LogP contribution in [-0.2, 0) is 4.74 Å². The maximum absolute atomic E-state index is 11.7. The minimum absolute atomic E-state index is 0.0520. The quantitative estimate of drug-likeness (QED) is 0.872. The largest absolute Gasteiger partial charge is 0.462 e. The molecule has 2 N–H and O–H groups in total. The van der Waals surface area contributed by atoms with Crippen LogP contribution in [0.5, 0.6) is 0 Å². The van der Waals surface area contributed by atoms with Crippen molar-refractivity contribution < 1.29 is 9.53 Å². The number of benzene rings is 1. The number of halogens is 1. The van der Waals surface area contributed by atoms with E-state index in [9.17, 15) is 4.79 Å². The molecule has 2 aromatic rings. The number of aromatic nitrogens is 2. The van der Waals surface area contributed by atoms with Gasteiger partial charge in [0.1, 0.15) is 5.56 Å². The molecule has 0 saturated heterocycles. The number of hydrogen-bond acceptors (Lipinski definition) is 5. The third-order valence-corrected chi connectivity index (χ3v) is 2.71. The summed E-state index contributed by atoms with van der Waals surface area (Å²) in [5.41, 5.74) is 7.17. The standard InChI is InChI=1S/C13H12ClN3O2/c1-2-19-13(18)10-7-11(16-17-12(10)15)8-3-5-9(14)6-4-8/h3-7H,2H2,1H3,(H2,15,17). The summed E-state index contributed by atoms with van der Waals surface area (Å²) in [5, 5.41) is 8.35. The van der Waals surface area contributed by atoms with Gasteiger partial charge in [-0.15, -0.1) is 10.2 Å². The zero-order chi connectivity index (χ0) is 13.8. The van der Waals surface area contributed by atoms with Crippen molar-refractivity contribution in [3.63, 3.8) is 0 Å². The number of carbonyl (C=O) groups is 1. The van der Waals surface area contributed by atoms with Gasteiger partial charge < -0.3 is 10.5 Å². The van der Waals surface area contributed by atoms with Crippen LogP contribution >= 0.6 is 11.6 Å². The van der Waals surface area contributed by atoms with E-state index < -0.39 is 5.97 Å². The second-order valence-electron chi connectivity index (χ2n) is 3.76. The molecule has 0 radical (unpaired) electrons. The molecule has 0 aliphatic rings. The molecule has 0 amide bonds. The number of nitrogen functional groups attached to an aromatic ring is 1. The highest BCUT2D eigenvalue weighted by Gasteiger charge is 2.14. The highest BCUT2D eigenvalue weighted by atomic mass is 35.5. The second-order valence-corrected chi connectivity index (χ2v) is 4.19. The van der Waals surface area contributed by atoms with Gasteiger partial charge in [0.05, 0.1) is 12.3 Å². The molecule has 0 atom stereocenters. The zero-order valence-electron chi connectivity index (χ0n) is 10.3. The molecule has 0 unspecified atom stereocenters. The highest BCUT2D eigenvalue weighted by molar-refractivity contribution is 6.30. The molecule has 1 aromatic heterocycles. The molecule has 1 heterocycles. The first kappa shape index (κ1) is 13.3. The fourth-order valence-corrected chi connectivity index (χ4v) is 1.66. The van der Waals surface area contributed by atoms with Gasteiger partial charge in [-0.05, 0) is 25.1 Å². The lowest BCUT2D eigenvalue weighted by atomic mass is 10.1. The van der Waals surface area contributed by atoms with Crippen LogP contribution in [0.4, 0.5) is 5.82 Å². The molecule has 0 aliphatic heterocycles. The molecule has 6 heteroatoms. The Morgan fingerprint density at radius 2 is 2.00 bits per heavy atom. The number of nitrogens with two attached hydrogens (primary N) is 1. The van der Waals surface area contributed by atoms with E-state index in [0.717, 1.165) is 5.56 Å². The summed E-state index contributed by atoms with van der Waals surface area (Å²) in [6, 6.07) is 8.61. The fraction of sp³-hybridized carbons (Fsp3) is 0.154. The number of anilines is 1. The Labute approximate surface area is 115 Å². The Morgan fingerprint density at radius 3 is 2.63 bits per heavy atom. The van der Waals surface area contributed by atoms with Gasteiger partial charge in [0.25, 0.3) is 0 Å². The predicted molar refractivity (Wildman–Crippen MR) is 72.8 cm³/mol. The number of nitrogens with zero attached hydrogens (tertiary/aromatic N) is 2. The smallest absolute Gasteiger partial charge is 0.342 e. The van der Waals surface area contributed by atoms with E-state index in [-0.39, 0.29) is 18.0 Å². The van der Waals surface area contributed by atoms with Gasteiger partial charge in [-0.1, -0.05) is 23.7 Å². The average molecular weight is 278 g/mol. The Morgan fingerprint density at radius 1 is 1.32 bits per heavy atom. The molecule has 2 rings (SSSR count). The first-order chi connectivity index (χ1) is 9.11. The average Bonchev–Trinajstić information content (AvgIpc) is 2.40. The van der Waals surface area contributed by atoms with Crippen molar-refractivity contribution in [2.75, 3.05) is 12.3 Å². The van der Waals surface area contributed by atoms with Crippen molar-refractivity contribution in [2.45, 2.75) is 6.92 Å². The Bertz CT molecular complexity index is 599. The van der Waals surface area contributed by atoms with Crippen molar-refractivity contribution in [2.24, 2.45) is 0 Å². The van der Waals surface area contributed by atoms with Crippen LogP contribution in [0, 0.1) is 0 Å². The normalized spacial score (nSPS) is 10.2. The third kappa shape index (κ3) is 3.00. The SMILES string of the molecule is CCOC(=O)c1cc(-c2ccc(Cl)cc2)nnc1N. The predicted octanol–water partition coefficient (Wildman–Crippen LogP) is 2.56. The summed E-state index contributed by atoms with van der Waals surface area (Å²) in [7, 11) is 0. The minimum Gasteiger partial charge on any atom is -0.462 e. The lowest BCUT2D eigenvalue weighted by Crippen LogP contribution is -2.10. The maximum atomic E-state index is 11.7. The van der Waals surface area contributed by atoms with Gasteiger partial charge in [-0.25, -0.2) is 4.79 Å². The summed E-state index contributed by atoms with van der Waals surface area (Å²) in [6.45, 7) is 2.00. The minimum atomic E-state index is -0.509. The molecular weight excluding hydrogens is 266 g/mol. The van der Waals surface area contributed by atoms with Crippen LogP contribution in [0.2, 0.25) is 5.02 Å². The van der Waals surface area contributed by atoms with Gasteiger partial charge in [-0.2, -0.15) is 0 Å². The number of carbonyl (C=O) groups excluding carboxylic acids is 1. The van der Waals surface area contributed by atoms with Gasteiger partial charge >= 0.3 is 5.97 Å². The van der Waals surface area contributed by atoms with Crippen LogP contribution < -0.4 is 5.73 Å². The van der Waals surface area contributed by atoms with Crippen LogP contribution in [0.1, 0.15) is 17.3 Å². The molecule has 0 aliphatic carbocycles. The van der Waals surface area contributed by atoms with Crippen LogP contribution in [0.25, 0.3) is 11.3 Å². The number of hydrogen-bond donors (Lipinski definition) is 1. The van der Waals surface area contributed by atoms with E-state index in [1.807, 2.05) is 0 Å². The molecule has 19 heavy (non-hydrogen) atoms. The molecule has 0 saturated carbocycles. The first-order valence-corrected chi connectivity index (χ1v) is 6.06. The van der Waals surface area contributed by atoms with E-state index in [2.05, 4.69) is 10.2 Å². The summed E-state index contributed by atoms with van der Waals surface area (Å²) in [5.74, 6) is -0.457. The first-order valence-electron chi connectivity index (χ1n) is 5.68. The topological polar surface area (TPSA) is 78.1 Å². The maximum Gasteiger partial charge on any atom is 0.342 e. The van der Waals surface area contributed by atoms with Gasteiger partial charge in [0.15, 0.2) is 5.82 Å². The molecule has 0 spiro atoms. The Kier molecular flexibility index (Phi) is 3.97. The van der Waals surface area contributed by atoms with E-state index in [1.54, 1.807) is 37.3 Å². The van der Waals surface area contributed by atoms with Crippen LogP contribution in [0.15, 0.2) is 30.3 Å². The van der Waals surface area contributed by atoms with E-state index in [0.29, 0.717) is 10.7 Å². The second kappa shape index (κ2) is 5.67. The monoisotopic (exact) mass is 277 g/mol. The number of rotatable bonds is 3. The number of ether oxygens (including phenoxy) is 1. The van der Waals surface area contributed by atoms with Gasteiger partial charge in [-0.3, -0.25) is 0 Å². The van der Waals surface area contributed by atoms with Crippen LogP contribution in [0.3, 0.4) is 0 Å². The summed E-state index contributed by atoms with van der Waals surface area (Å²) in [6.07, 6.45) is 0. The molecule has 0 bridgehead atoms. The van der Waals surface area contributed by atoms with Crippen molar-refractivity contribution in [1.82, 2.24) is 10.2 Å². The molecule has 0 fully saturated rings. The third-order valence-electron chi connectivity index (χ3n) is 2.46. The van der Waals surface area contributed by atoms with E-state index >= 15 is 0 Å². The molecular formula is C13H12ClN3O2. The zero-order valence-corrected chi connectivity index (χ0v) is 11.0. The lowest BCUT2D eigenvalue weighted by molar-refractivity contribution is 0.0527. The summed E-state index contributed by atoms with van der Waals surface area (Å²) < 4.78 is 4.91. The summed E-state index contributed by atoms with van der Waals surface area (Å²) >= 11 is 5.82. The molecule has 98 valence electrons. The molecule has 1 aromatic carbocycles. The molecule has 5 nitrogen and oxygen atoms in total. The Balaban J connectivity index is 2.40. The summed E-state index contributed by atoms with van der Waals surface area (Å²) in [4.78, 5) is 11.7. The van der Waals surface area contributed by atoms with Gasteiger partial charge in [0.2, 0.25) is 0 Å². The van der Waals surface area contributed by atoms with Crippen molar-refractivity contribution in [1.29, 1.82) is 0 Å². The fourth-order valence-electron chi connectivity index (χ4n) is 1.54. The highest BCUT2D eigenvalue weighted by Crippen LogP contribution is 2.22. The van der Waals surface area contributed by atoms with Gasteiger partial charge in [0, 0.05) is 10.6 Å².